The quantitative estimate of drug-likeness (QED) is 0.0535. The highest BCUT2D eigenvalue weighted by molar-refractivity contribution is 5.83. The molecule has 0 saturated carbocycles. The van der Waals surface area contributed by atoms with Gasteiger partial charge in [0.1, 0.15) is 11.3 Å². The van der Waals surface area contributed by atoms with Gasteiger partial charge in [0.25, 0.3) is 0 Å². The number of halogens is 11. The van der Waals surface area contributed by atoms with E-state index in [1.54, 1.807) is 0 Å². The van der Waals surface area contributed by atoms with E-state index in [4.69, 9.17) is 20.6 Å². The molecule has 7 nitrogen and oxygen atoms in total. The molecule has 3 rings (SSSR count). The number of rotatable bonds is 19. The van der Waals surface area contributed by atoms with Crippen molar-refractivity contribution in [1.82, 2.24) is 0 Å². The van der Waals surface area contributed by atoms with Crippen LogP contribution < -0.4 is 21.8 Å². The number of benzene rings is 2. The highest BCUT2D eigenvalue weighted by atomic mass is 19.4. The van der Waals surface area contributed by atoms with Gasteiger partial charge in [-0.2, -0.15) is 48.3 Å². The third-order valence-corrected chi connectivity index (χ3v) is 9.03. The minimum absolute atomic E-state index is 0.0435. The molecular weight excluding hydrogens is 773 g/mol. The average Bonchev–Trinajstić information content (AvgIpc) is 3.05. The van der Waals surface area contributed by atoms with Crippen LogP contribution in [0.4, 0.5) is 48.3 Å². The number of hydrogen-bond acceptors (Lipinski definition) is 7. The van der Waals surface area contributed by atoms with Crippen LogP contribution in [0.25, 0.3) is 22.1 Å². The predicted octanol–water partition coefficient (Wildman–Crippen LogP) is 9.94. The van der Waals surface area contributed by atoms with E-state index in [0.29, 0.717) is 18.4 Å². The van der Waals surface area contributed by atoms with Crippen molar-refractivity contribution in [3.8, 4) is 16.9 Å². The minimum Gasteiger partial charge on any atom is -0.493 e. The number of alkyl halides is 11. The summed E-state index contributed by atoms with van der Waals surface area (Å²) in [5.74, 6) is -27.8. The van der Waals surface area contributed by atoms with Gasteiger partial charge >= 0.3 is 41.5 Å². The Balaban J connectivity index is 1.73. The molecule has 3 aromatic rings. The van der Waals surface area contributed by atoms with Gasteiger partial charge in [-0.1, -0.05) is 31.9 Å². The van der Waals surface area contributed by atoms with E-state index in [0.717, 1.165) is 49.2 Å². The molecule has 0 amide bonds. The Hall–Kier alpha value is -3.93. The summed E-state index contributed by atoms with van der Waals surface area (Å²) in [5, 5.41) is 0.0435. The second-order valence-electron chi connectivity index (χ2n) is 15.1. The fraction of sp³-hybridized carbons (Fsp3) is 0.579. The molecular formula is C38H45F11N2O5. The standard InChI is InChI=1S/C38H45F11N2O5/c1-6-7-8-9-22-10-13-25(27(18-22)36(43,44)45)26-19-23-11-12-24(20-29(23)56-30(26)52)54-16-14-34(39,40)37(46,47)38(48,49)35(41,42)15-17-55-31(53)28(33(4,5)51)21-32(2,3)50/h10-13,18-20,28H,6-9,14-17,21,50-51H2,1-5H3. The average molecular weight is 819 g/mol. The zero-order valence-electron chi connectivity index (χ0n) is 31.3. The van der Waals surface area contributed by atoms with Crippen LogP contribution in [-0.4, -0.2) is 54.0 Å². The minimum atomic E-state index is -6.65. The summed E-state index contributed by atoms with van der Waals surface area (Å²) in [6.45, 7) is 4.73. The molecule has 4 N–H and O–H groups in total. The van der Waals surface area contributed by atoms with Crippen LogP contribution >= 0.6 is 0 Å². The largest absolute Gasteiger partial charge is 0.493 e. The Morgan fingerprint density at radius 2 is 1.36 bits per heavy atom. The molecule has 1 unspecified atom stereocenters. The Morgan fingerprint density at radius 3 is 1.89 bits per heavy atom. The van der Waals surface area contributed by atoms with Crippen molar-refractivity contribution >= 4 is 16.9 Å². The van der Waals surface area contributed by atoms with Crippen LogP contribution in [0.15, 0.2) is 51.7 Å². The van der Waals surface area contributed by atoms with Gasteiger partial charge in [-0.15, -0.1) is 0 Å². The zero-order valence-corrected chi connectivity index (χ0v) is 31.3. The number of esters is 1. The number of aryl methyl sites for hydroxylation is 1. The molecule has 56 heavy (non-hydrogen) atoms. The summed E-state index contributed by atoms with van der Waals surface area (Å²) in [6.07, 6.45) is -6.72. The van der Waals surface area contributed by atoms with Gasteiger partial charge in [0, 0.05) is 28.1 Å². The van der Waals surface area contributed by atoms with Crippen molar-refractivity contribution in [2.45, 2.75) is 121 Å². The SMILES string of the molecule is CCCCCc1ccc(-c2cc3ccc(OCCC(F)(F)C(F)(F)C(F)(F)C(F)(F)CCOC(=O)C(CC(C)(C)N)C(C)(C)N)cc3oc2=O)c(C(F)(F)F)c1. The number of ether oxygens (including phenoxy) is 2. The second kappa shape index (κ2) is 16.9. The third-order valence-electron chi connectivity index (χ3n) is 9.03. The van der Waals surface area contributed by atoms with Gasteiger partial charge in [0.05, 0.1) is 43.1 Å². The molecule has 0 spiro atoms. The summed E-state index contributed by atoms with van der Waals surface area (Å²) in [5.41, 5.74) is 6.34. The Kier molecular flexibility index (Phi) is 14.0. The van der Waals surface area contributed by atoms with Crippen molar-refractivity contribution in [2.24, 2.45) is 17.4 Å². The lowest BCUT2D eigenvalue weighted by molar-refractivity contribution is -0.369. The number of hydrogen-bond donors (Lipinski definition) is 2. The smallest absolute Gasteiger partial charge is 0.417 e. The van der Waals surface area contributed by atoms with Gasteiger partial charge in [-0.3, -0.25) is 4.79 Å². The summed E-state index contributed by atoms with van der Waals surface area (Å²) < 4.78 is 173. The molecule has 0 saturated heterocycles. The van der Waals surface area contributed by atoms with E-state index in [2.05, 4.69) is 4.74 Å². The maximum atomic E-state index is 14.6. The molecule has 1 atom stereocenters. The summed E-state index contributed by atoms with van der Waals surface area (Å²) in [6, 6.07) is 7.73. The molecule has 0 radical (unpaired) electrons. The number of carbonyl (C=O) groups excluding carboxylic acids is 1. The molecule has 0 aliphatic heterocycles. The molecule has 18 heteroatoms. The number of carbonyl (C=O) groups is 1. The van der Waals surface area contributed by atoms with Crippen molar-refractivity contribution in [1.29, 1.82) is 0 Å². The molecule has 1 aromatic heterocycles. The Bertz CT molecular complexity index is 1880. The monoisotopic (exact) mass is 818 g/mol. The maximum Gasteiger partial charge on any atom is 0.417 e. The van der Waals surface area contributed by atoms with Crippen LogP contribution in [0, 0.1) is 5.92 Å². The third kappa shape index (κ3) is 10.9. The molecule has 0 bridgehead atoms. The van der Waals surface area contributed by atoms with E-state index in [9.17, 15) is 57.9 Å². The van der Waals surface area contributed by atoms with Crippen LogP contribution in [0.2, 0.25) is 0 Å². The molecule has 0 aliphatic carbocycles. The highest BCUT2D eigenvalue weighted by Crippen LogP contribution is 2.54. The Morgan fingerprint density at radius 1 is 0.768 bits per heavy atom. The first kappa shape index (κ1) is 46.5. The summed E-state index contributed by atoms with van der Waals surface area (Å²) in [4.78, 5) is 25.4. The van der Waals surface area contributed by atoms with Gasteiger partial charge in [0.15, 0.2) is 0 Å². The lowest BCUT2D eigenvalue weighted by atomic mass is 9.80. The first-order valence-electron chi connectivity index (χ1n) is 17.6. The van der Waals surface area contributed by atoms with Crippen LogP contribution in [-0.2, 0) is 22.1 Å². The number of unbranched alkanes of at least 4 members (excludes halogenated alkanes) is 2. The van der Waals surface area contributed by atoms with E-state index >= 15 is 0 Å². The van der Waals surface area contributed by atoms with Crippen molar-refractivity contribution in [2.75, 3.05) is 13.2 Å². The van der Waals surface area contributed by atoms with E-state index in [1.807, 2.05) is 6.92 Å². The van der Waals surface area contributed by atoms with Crippen LogP contribution in [0.3, 0.4) is 0 Å². The van der Waals surface area contributed by atoms with E-state index in [-0.39, 0.29) is 17.4 Å². The predicted molar refractivity (Wildman–Crippen MR) is 186 cm³/mol. The molecule has 0 aliphatic rings. The fourth-order valence-corrected chi connectivity index (χ4v) is 5.79. The van der Waals surface area contributed by atoms with Gasteiger partial charge in [0.2, 0.25) is 0 Å². The fourth-order valence-electron chi connectivity index (χ4n) is 5.79. The van der Waals surface area contributed by atoms with Crippen molar-refractivity contribution in [3.63, 3.8) is 0 Å². The number of nitrogens with two attached hydrogens (primary N) is 2. The van der Waals surface area contributed by atoms with E-state index in [1.165, 1.54) is 33.8 Å². The normalized spacial score (nSPS) is 14.2. The van der Waals surface area contributed by atoms with Crippen molar-refractivity contribution in [3.05, 3.63) is 64.0 Å². The van der Waals surface area contributed by atoms with Gasteiger partial charge < -0.3 is 25.4 Å². The van der Waals surface area contributed by atoms with E-state index < -0.39 is 107 Å². The van der Waals surface area contributed by atoms with Crippen molar-refractivity contribution < 1.29 is 67.0 Å². The maximum absolute atomic E-state index is 14.6. The van der Waals surface area contributed by atoms with Crippen LogP contribution in [0.5, 0.6) is 5.75 Å². The zero-order chi connectivity index (χ0) is 42.7. The first-order valence-corrected chi connectivity index (χ1v) is 17.6. The lowest BCUT2D eigenvalue weighted by Crippen LogP contribution is -2.62. The topological polar surface area (TPSA) is 118 Å². The molecule has 2 aromatic carbocycles. The number of fused-ring (bicyclic) bond motifs is 1. The summed E-state index contributed by atoms with van der Waals surface area (Å²) >= 11 is 0. The summed E-state index contributed by atoms with van der Waals surface area (Å²) in [7, 11) is 0. The molecule has 314 valence electrons. The molecule has 0 fully saturated rings. The van der Waals surface area contributed by atoms with Crippen LogP contribution in [0.1, 0.15) is 84.3 Å². The van der Waals surface area contributed by atoms with Gasteiger partial charge in [-0.25, -0.2) is 4.79 Å². The molecule has 1 heterocycles. The second-order valence-corrected chi connectivity index (χ2v) is 15.1. The van der Waals surface area contributed by atoms with Gasteiger partial charge in [-0.05, 0) is 76.8 Å². The Labute approximate surface area is 315 Å². The highest BCUT2D eigenvalue weighted by Gasteiger charge is 2.79. The first-order chi connectivity index (χ1) is 25.4. The lowest BCUT2D eigenvalue weighted by Gasteiger charge is -2.37.